The van der Waals surface area contributed by atoms with Crippen LogP contribution in [0.3, 0.4) is 0 Å². The Morgan fingerprint density at radius 1 is 0.385 bits per heavy atom. The van der Waals surface area contributed by atoms with E-state index in [-0.39, 0.29) is 0 Å². The fourth-order valence-corrected chi connectivity index (χ4v) is 8.72. The van der Waals surface area contributed by atoms with Crippen LogP contribution < -0.4 is 4.74 Å². The molecule has 52 heavy (non-hydrogen) atoms. The van der Waals surface area contributed by atoms with Crippen molar-refractivity contribution >= 4 is 21.5 Å². The Hall–Kier alpha value is -6.84. The molecule has 11 rings (SSSR count). The largest absolute Gasteiger partial charge is 0.455 e. The normalized spacial score (nSPS) is 13.3. The van der Waals surface area contributed by atoms with Gasteiger partial charge in [-0.05, 0) is 39.1 Å². The third-order valence-electron chi connectivity index (χ3n) is 10.9. The quantitative estimate of drug-likeness (QED) is 0.189. The number of hydrogen-bond acceptors (Lipinski definition) is 3. The summed E-state index contributed by atoms with van der Waals surface area (Å²) in [4.78, 5) is 10.6. The molecule has 1 aliphatic carbocycles. The first-order valence-electron chi connectivity index (χ1n) is 17.7. The summed E-state index contributed by atoms with van der Waals surface area (Å²) in [6.07, 6.45) is 0. The summed E-state index contributed by atoms with van der Waals surface area (Å²) in [5.74, 6) is 2.51. The number of ether oxygens (including phenoxy) is 1. The topological polar surface area (TPSA) is 35.0 Å². The summed E-state index contributed by atoms with van der Waals surface area (Å²) in [5.41, 5.74) is 11.3. The van der Waals surface area contributed by atoms with Gasteiger partial charge in [0.25, 0.3) is 0 Å². The standard InChI is InChI=1S/C49H30N2O/c1-3-16-33(17-4-1)43-30-44(34-18-5-2-6-19-34)51-48(50-43)38-23-13-25-40-45(38)37-22-11-12-24-39(37)49(40)41-28-26-31-14-7-9-20-35(31)46(41)52-47-36-21-10-8-15-32(36)27-29-42(47)49/h1-30H. The minimum absolute atomic E-state index is 0.641. The lowest BCUT2D eigenvalue weighted by atomic mass is 9.65. The number of fused-ring (bicyclic) bond motifs is 13. The number of hydrogen-bond donors (Lipinski definition) is 0. The van der Waals surface area contributed by atoms with Crippen molar-refractivity contribution in [2.75, 3.05) is 0 Å². The second kappa shape index (κ2) is 11.1. The van der Waals surface area contributed by atoms with Crippen molar-refractivity contribution in [3.63, 3.8) is 0 Å². The molecule has 0 N–H and O–H groups in total. The molecule has 1 spiro atoms. The van der Waals surface area contributed by atoms with Crippen molar-refractivity contribution in [1.82, 2.24) is 9.97 Å². The molecule has 0 fully saturated rings. The van der Waals surface area contributed by atoms with E-state index < -0.39 is 5.41 Å². The highest BCUT2D eigenvalue weighted by molar-refractivity contribution is 6.01. The van der Waals surface area contributed by atoms with Crippen molar-refractivity contribution in [1.29, 1.82) is 0 Å². The third kappa shape index (κ3) is 4.02. The van der Waals surface area contributed by atoms with E-state index in [0.717, 1.165) is 77.8 Å². The van der Waals surface area contributed by atoms with Gasteiger partial charge in [-0.15, -0.1) is 0 Å². The van der Waals surface area contributed by atoms with Gasteiger partial charge in [-0.1, -0.05) is 176 Å². The Labute approximate surface area is 301 Å². The molecular formula is C49H30N2O. The molecule has 0 saturated carbocycles. The van der Waals surface area contributed by atoms with E-state index in [9.17, 15) is 0 Å². The van der Waals surface area contributed by atoms with Gasteiger partial charge in [-0.25, -0.2) is 9.97 Å². The van der Waals surface area contributed by atoms with Crippen LogP contribution >= 0.6 is 0 Å². The van der Waals surface area contributed by atoms with Gasteiger partial charge in [0.1, 0.15) is 11.5 Å². The molecule has 0 amide bonds. The molecule has 3 nitrogen and oxygen atoms in total. The maximum absolute atomic E-state index is 7.14. The Morgan fingerprint density at radius 3 is 1.50 bits per heavy atom. The molecule has 0 atom stereocenters. The summed E-state index contributed by atoms with van der Waals surface area (Å²) < 4.78 is 7.14. The van der Waals surface area contributed by atoms with Crippen molar-refractivity contribution in [3.8, 4) is 56.5 Å². The average molecular weight is 663 g/mol. The zero-order valence-corrected chi connectivity index (χ0v) is 28.1. The van der Waals surface area contributed by atoms with Gasteiger partial charge in [-0.3, -0.25) is 0 Å². The van der Waals surface area contributed by atoms with Gasteiger partial charge in [0, 0.05) is 38.6 Å². The summed E-state index contributed by atoms with van der Waals surface area (Å²) in [6, 6.07) is 64.6. The van der Waals surface area contributed by atoms with Crippen LogP contribution in [0.5, 0.6) is 11.5 Å². The second-order valence-electron chi connectivity index (χ2n) is 13.6. The highest BCUT2D eigenvalue weighted by atomic mass is 16.5. The number of benzene rings is 8. The summed E-state index contributed by atoms with van der Waals surface area (Å²) >= 11 is 0. The third-order valence-corrected chi connectivity index (χ3v) is 10.9. The van der Waals surface area contributed by atoms with Gasteiger partial charge in [-0.2, -0.15) is 0 Å². The summed E-state index contributed by atoms with van der Waals surface area (Å²) in [5, 5.41) is 4.51. The van der Waals surface area contributed by atoms with E-state index in [2.05, 4.69) is 170 Å². The Morgan fingerprint density at radius 2 is 0.885 bits per heavy atom. The Balaban J connectivity index is 1.26. The molecular weight excluding hydrogens is 633 g/mol. The van der Waals surface area contributed by atoms with Crippen LogP contribution in [0.1, 0.15) is 22.3 Å². The van der Waals surface area contributed by atoms with Crippen LogP contribution in [0.15, 0.2) is 182 Å². The molecule has 242 valence electrons. The molecule has 0 radical (unpaired) electrons. The van der Waals surface area contributed by atoms with E-state index in [4.69, 9.17) is 14.7 Å². The summed E-state index contributed by atoms with van der Waals surface area (Å²) in [6.45, 7) is 0. The zero-order chi connectivity index (χ0) is 34.2. The first-order chi connectivity index (χ1) is 25.8. The van der Waals surface area contributed by atoms with Gasteiger partial charge in [0.05, 0.1) is 16.8 Å². The van der Waals surface area contributed by atoms with Crippen LogP contribution in [-0.4, -0.2) is 9.97 Å². The van der Waals surface area contributed by atoms with Crippen LogP contribution in [-0.2, 0) is 5.41 Å². The van der Waals surface area contributed by atoms with Crippen LogP contribution in [0.25, 0.3) is 66.6 Å². The van der Waals surface area contributed by atoms with E-state index >= 15 is 0 Å². The van der Waals surface area contributed by atoms with Crippen molar-refractivity contribution < 1.29 is 4.74 Å². The lowest BCUT2D eigenvalue weighted by Crippen LogP contribution is -2.32. The van der Waals surface area contributed by atoms with Gasteiger partial charge in [0.15, 0.2) is 5.82 Å². The van der Waals surface area contributed by atoms with Crippen molar-refractivity contribution in [3.05, 3.63) is 204 Å². The average Bonchev–Trinajstić information content (AvgIpc) is 3.52. The molecule has 1 aromatic heterocycles. The van der Waals surface area contributed by atoms with Gasteiger partial charge < -0.3 is 4.74 Å². The number of aromatic nitrogens is 2. The van der Waals surface area contributed by atoms with Gasteiger partial charge in [0.2, 0.25) is 0 Å². The Bertz CT molecular complexity index is 2740. The van der Waals surface area contributed by atoms with Crippen LogP contribution in [0.4, 0.5) is 0 Å². The molecule has 0 bridgehead atoms. The first kappa shape index (κ1) is 28.9. The molecule has 9 aromatic rings. The number of rotatable bonds is 3. The van der Waals surface area contributed by atoms with Crippen LogP contribution in [0, 0.1) is 0 Å². The zero-order valence-electron chi connectivity index (χ0n) is 28.1. The summed E-state index contributed by atoms with van der Waals surface area (Å²) in [7, 11) is 0. The lowest BCUT2D eigenvalue weighted by Gasteiger charge is -2.40. The van der Waals surface area contributed by atoms with Gasteiger partial charge >= 0.3 is 0 Å². The number of nitrogens with zero attached hydrogens (tertiary/aromatic N) is 2. The maximum Gasteiger partial charge on any atom is 0.161 e. The minimum Gasteiger partial charge on any atom is -0.455 e. The van der Waals surface area contributed by atoms with E-state index in [0.29, 0.717) is 5.82 Å². The van der Waals surface area contributed by atoms with Crippen molar-refractivity contribution in [2.24, 2.45) is 0 Å². The molecule has 0 unspecified atom stereocenters. The van der Waals surface area contributed by atoms with E-state index in [1.54, 1.807) is 0 Å². The first-order valence-corrected chi connectivity index (χ1v) is 17.7. The predicted octanol–water partition coefficient (Wildman–Crippen LogP) is 12.3. The second-order valence-corrected chi connectivity index (χ2v) is 13.6. The fraction of sp³-hybridized carbons (Fsp3) is 0.0204. The highest BCUT2D eigenvalue weighted by Gasteiger charge is 2.52. The molecule has 8 aromatic carbocycles. The Kier molecular flexibility index (Phi) is 6.17. The molecule has 0 saturated heterocycles. The van der Waals surface area contributed by atoms with Crippen molar-refractivity contribution in [2.45, 2.75) is 5.41 Å². The molecule has 2 aliphatic rings. The van der Waals surface area contributed by atoms with Crippen LogP contribution in [0.2, 0.25) is 0 Å². The molecule has 1 aliphatic heterocycles. The molecule has 2 heterocycles. The molecule has 3 heteroatoms. The lowest BCUT2D eigenvalue weighted by molar-refractivity contribution is 0.447. The predicted molar refractivity (Wildman–Crippen MR) is 211 cm³/mol. The maximum atomic E-state index is 7.14. The highest BCUT2D eigenvalue weighted by Crippen LogP contribution is 2.64. The monoisotopic (exact) mass is 662 g/mol. The van der Waals surface area contributed by atoms with E-state index in [1.165, 1.54) is 16.7 Å². The smallest absolute Gasteiger partial charge is 0.161 e. The minimum atomic E-state index is -0.641. The van der Waals surface area contributed by atoms with E-state index in [1.807, 2.05) is 12.1 Å². The SMILES string of the molecule is c1ccc(-c2cc(-c3ccccc3)nc(-c3cccc4c3-c3ccccc3C43c4ccc5ccccc5c4Oc4c3ccc3ccccc43)n2)cc1. The fourth-order valence-electron chi connectivity index (χ4n) is 8.72.